The number of aromatic nitrogens is 3. The average Bonchev–Trinajstić information content (AvgIpc) is 3.40. The molecule has 0 unspecified atom stereocenters. The van der Waals surface area contributed by atoms with Crippen molar-refractivity contribution in [3.05, 3.63) is 60.7 Å². The first-order valence-electron chi connectivity index (χ1n) is 9.42. The van der Waals surface area contributed by atoms with Crippen molar-refractivity contribution >= 4 is 22.1 Å². The Hall–Kier alpha value is -3.17. The lowest BCUT2D eigenvalue weighted by Gasteiger charge is -2.13. The van der Waals surface area contributed by atoms with Crippen LogP contribution in [-0.2, 0) is 0 Å². The first-order valence-corrected chi connectivity index (χ1v) is 10.2. The number of fused-ring (bicyclic) bond motifs is 1. The molecule has 1 N–H and O–H groups in total. The smallest absolute Gasteiger partial charge is 0.183 e. The van der Waals surface area contributed by atoms with Gasteiger partial charge in [-0.25, -0.2) is 9.97 Å². The highest BCUT2D eigenvalue weighted by Gasteiger charge is 2.14. The predicted molar refractivity (Wildman–Crippen MR) is 114 cm³/mol. The fraction of sp³-hybridized carbons (Fsp3) is 0.227. The first kappa shape index (κ1) is 18.2. The largest absolute Gasteiger partial charge is 0.359 e. The standard InChI is InChI=1S/C22H21N5S/c1-3-17(4-2)26-22-25-13-20(28-22)16-11-19(21-24-9-10-27(21)14-16)18-8-6-5-7-15(18)12-23/h5-11,13-14,17H,3-4H2,1-2H3,(H,25,26). The molecule has 0 radical (unpaired) electrons. The van der Waals surface area contributed by atoms with E-state index in [1.54, 1.807) is 17.5 Å². The van der Waals surface area contributed by atoms with Crippen molar-refractivity contribution in [1.29, 1.82) is 5.26 Å². The molecule has 0 spiro atoms. The van der Waals surface area contributed by atoms with Gasteiger partial charge in [-0.05, 0) is 25.0 Å². The lowest BCUT2D eigenvalue weighted by atomic mass is 10.00. The van der Waals surface area contributed by atoms with Gasteiger partial charge in [-0.15, -0.1) is 0 Å². The van der Waals surface area contributed by atoms with Crippen LogP contribution in [0.5, 0.6) is 0 Å². The van der Waals surface area contributed by atoms with Crippen LogP contribution in [0, 0.1) is 11.3 Å². The Kier molecular flexibility index (Phi) is 5.09. The van der Waals surface area contributed by atoms with Crippen LogP contribution in [0.25, 0.3) is 27.2 Å². The molecule has 0 saturated carbocycles. The summed E-state index contributed by atoms with van der Waals surface area (Å²) in [5, 5.41) is 14.0. The lowest BCUT2D eigenvalue weighted by Crippen LogP contribution is -2.16. The number of nitrogens with one attached hydrogen (secondary N) is 1. The Bertz CT molecular complexity index is 1150. The summed E-state index contributed by atoms with van der Waals surface area (Å²) in [6, 6.07) is 12.5. The molecule has 0 atom stereocenters. The average molecular weight is 388 g/mol. The van der Waals surface area contributed by atoms with Crippen LogP contribution in [0.3, 0.4) is 0 Å². The molecule has 28 heavy (non-hydrogen) atoms. The zero-order valence-electron chi connectivity index (χ0n) is 15.9. The zero-order chi connectivity index (χ0) is 19.5. The van der Waals surface area contributed by atoms with Gasteiger partial charge in [0.1, 0.15) is 5.65 Å². The number of pyridine rings is 1. The van der Waals surface area contributed by atoms with Gasteiger partial charge < -0.3 is 9.72 Å². The molecule has 4 aromatic rings. The highest BCUT2D eigenvalue weighted by atomic mass is 32.1. The number of hydrogen-bond donors (Lipinski definition) is 1. The number of imidazole rings is 1. The van der Waals surface area contributed by atoms with Crippen LogP contribution in [0.2, 0.25) is 0 Å². The number of anilines is 1. The number of hydrogen-bond acceptors (Lipinski definition) is 5. The third-order valence-corrected chi connectivity index (χ3v) is 5.91. The summed E-state index contributed by atoms with van der Waals surface area (Å²) in [6.07, 6.45) is 9.83. The van der Waals surface area contributed by atoms with E-state index in [1.165, 1.54) is 0 Å². The third kappa shape index (κ3) is 3.37. The SMILES string of the molecule is CCC(CC)Nc1ncc(-c2cc(-c3ccccc3C#N)c3nccn3c2)s1. The maximum atomic E-state index is 9.53. The summed E-state index contributed by atoms with van der Waals surface area (Å²) in [4.78, 5) is 10.1. The van der Waals surface area contributed by atoms with Gasteiger partial charge in [-0.3, -0.25) is 0 Å². The zero-order valence-corrected chi connectivity index (χ0v) is 16.7. The predicted octanol–water partition coefficient (Wildman–Crippen LogP) is 5.60. The number of benzene rings is 1. The van der Waals surface area contributed by atoms with Crippen molar-refractivity contribution in [1.82, 2.24) is 14.4 Å². The van der Waals surface area contributed by atoms with Crippen LogP contribution in [-0.4, -0.2) is 20.4 Å². The van der Waals surface area contributed by atoms with Gasteiger partial charge in [0.2, 0.25) is 0 Å². The number of rotatable bonds is 6. The highest BCUT2D eigenvalue weighted by molar-refractivity contribution is 7.18. The van der Waals surface area contributed by atoms with Crippen LogP contribution in [0.15, 0.2) is 55.1 Å². The van der Waals surface area contributed by atoms with Crippen molar-refractivity contribution in [3.8, 4) is 27.6 Å². The monoisotopic (exact) mass is 387 g/mol. The molecule has 0 aliphatic rings. The Morgan fingerprint density at radius 1 is 1.18 bits per heavy atom. The Morgan fingerprint density at radius 3 is 2.79 bits per heavy atom. The second-order valence-electron chi connectivity index (χ2n) is 6.65. The summed E-state index contributed by atoms with van der Waals surface area (Å²) in [5.41, 5.74) is 4.38. The van der Waals surface area contributed by atoms with Crippen LogP contribution in [0.4, 0.5) is 5.13 Å². The van der Waals surface area contributed by atoms with E-state index in [1.807, 2.05) is 41.1 Å². The summed E-state index contributed by atoms with van der Waals surface area (Å²) in [7, 11) is 0. The van der Waals surface area contributed by atoms with Gasteiger partial charge in [0.15, 0.2) is 5.13 Å². The Balaban J connectivity index is 1.80. The van der Waals surface area contributed by atoms with Crippen molar-refractivity contribution in [2.24, 2.45) is 0 Å². The van der Waals surface area contributed by atoms with Crippen LogP contribution < -0.4 is 5.32 Å². The number of thiazole rings is 1. The van der Waals surface area contributed by atoms with Crippen molar-refractivity contribution in [2.75, 3.05) is 5.32 Å². The maximum absolute atomic E-state index is 9.53. The second kappa shape index (κ2) is 7.83. The summed E-state index contributed by atoms with van der Waals surface area (Å²) in [5.74, 6) is 0. The van der Waals surface area contributed by atoms with Gasteiger partial charge in [0, 0.05) is 47.5 Å². The maximum Gasteiger partial charge on any atom is 0.183 e. The molecule has 0 saturated heterocycles. The molecule has 3 aromatic heterocycles. The molecule has 0 aliphatic heterocycles. The quantitative estimate of drug-likeness (QED) is 0.468. The molecule has 140 valence electrons. The second-order valence-corrected chi connectivity index (χ2v) is 7.68. The first-order chi connectivity index (χ1) is 13.7. The van der Waals surface area contributed by atoms with Gasteiger partial charge in [-0.2, -0.15) is 5.26 Å². The Labute approximate surface area is 168 Å². The Morgan fingerprint density at radius 2 is 2.00 bits per heavy atom. The molecule has 4 rings (SSSR count). The van der Waals surface area contributed by atoms with E-state index in [0.717, 1.165) is 45.2 Å². The summed E-state index contributed by atoms with van der Waals surface area (Å²) < 4.78 is 2.01. The highest BCUT2D eigenvalue weighted by Crippen LogP contribution is 2.35. The molecule has 1 aromatic carbocycles. The molecule has 5 nitrogen and oxygen atoms in total. The van der Waals surface area contributed by atoms with Gasteiger partial charge in [0.25, 0.3) is 0 Å². The van der Waals surface area contributed by atoms with E-state index in [9.17, 15) is 5.26 Å². The van der Waals surface area contributed by atoms with E-state index < -0.39 is 0 Å². The number of nitriles is 1. The van der Waals surface area contributed by atoms with Crippen molar-refractivity contribution in [2.45, 2.75) is 32.7 Å². The molecule has 0 bridgehead atoms. The van der Waals surface area contributed by atoms with Crippen LogP contribution in [0.1, 0.15) is 32.3 Å². The third-order valence-electron chi connectivity index (χ3n) is 4.93. The van der Waals surface area contributed by atoms with Gasteiger partial charge in [0.05, 0.1) is 16.5 Å². The molecular formula is C22H21N5S. The normalized spacial score (nSPS) is 11.1. The van der Waals surface area contributed by atoms with Crippen LogP contribution >= 0.6 is 11.3 Å². The minimum atomic E-state index is 0.438. The fourth-order valence-corrected chi connectivity index (χ4v) is 4.20. The van der Waals surface area contributed by atoms with Crippen molar-refractivity contribution < 1.29 is 0 Å². The molecule has 0 amide bonds. The minimum absolute atomic E-state index is 0.438. The van der Waals surface area contributed by atoms with E-state index in [-0.39, 0.29) is 0 Å². The van der Waals surface area contributed by atoms with Crippen molar-refractivity contribution in [3.63, 3.8) is 0 Å². The molecular weight excluding hydrogens is 366 g/mol. The topological polar surface area (TPSA) is 66.0 Å². The van der Waals surface area contributed by atoms with E-state index in [4.69, 9.17) is 0 Å². The molecule has 0 fully saturated rings. The number of nitrogens with zero attached hydrogens (tertiary/aromatic N) is 4. The van der Waals surface area contributed by atoms with E-state index in [0.29, 0.717) is 11.6 Å². The summed E-state index contributed by atoms with van der Waals surface area (Å²) >= 11 is 1.65. The summed E-state index contributed by atoms with van der Waals surface area (Å²) in [6.45, 7) is 4.36. The lowest BCUT2D eigenvalue weighted by molar-refractivity contribution is 0.671. The minimum Gasteiger partial charge on any atom is -0.359 e. The van der Waals surface area contributed by atoms with E-state index in [2.05, 4.69) is 47.5 Å². The van der Waals surface area contributed by atoms with E-state index >= 15 is 0 Å². The van der Waals surface area contributed by atoms with Gasteiger partial charge in [-0.1, -0.05) is 43.4 Å². The van der Waals surface area contributed by atoms with Gasteiger partial charge >= 0.3 is 0 Å². The molecule has 6 heteroatoms. The molecule has 3 heterocycles. The molecule has 0 aliphatic carbocycles. The fourth-order valence-electron chi connectivity index (χ4n) is 3.32.